The Morgan fingerprint density at radius 2 is 1.89 bits per heavy atom. The van der Waals surface area contributed by atoms with Gasteiger partial charge in [-0.15, -0.1) is 0 Å². The van der Waals surface area contributed by atoms with Crippen LogP contribution in [0.15, 0.2) is 24.3 Å². The van der Waals surface area contributed by atoms with Crippen LogP contribution in [0.2, 0.25) is 0 Å². The molecule has 0 aliphatic heterocycles. The molecular formula is C22H29NO4. The van der Waals surface area contributed by atoms with E-state index >= 15 is 0 Å². The zero-order valence-electron chi connectivity index (χ0n) is 16.3. The molecule has 0 radical (unpaired) electrons. The van der Waals surface area contributed by atoms with Crippen LogP contribution in [-0.4, -0.2) is 30.6 Å². The number of amides is 1. The summed E-state index contributed by atoms with van der Waals surface area (Å²) < 4.78 is 11.3. The molecule has 0 heterocycles. The Labute approximate surface area is 160 Å². The number of hydrogen-bond acceptors (Lipinski definition) is 4. The summed E-state index contributed by atoms with van der Waals surface area (Å²) in [6.45, 7) is 4.21. The highest BCUT2D eigenvalue weighted by Gasteiger charge is 2.61. The largest absolute Gasteiger partial charge is 0.490 e. The lowest BCUT2D eigenvalue weighted by Crippen LogP contribution is -2.64. The van der Waals surface area contributed by atoms with E-state index in [0.29, 0.717) is 18.4 Å². The third-order valence-corrected chi connectivity index (χ3v) is 6.51. The Bertz CT molecular complexity index is 730. The molecule has 146 valence electrons. The second-order valence-corrected chi connectivity index (χ2v) is 9.00. The van der Waals surface area contributed by atoms with E-state index in [0.717, 1.165) is 43.4 Å². The minimum Gasteiger partial charge on any atom is -0.490 e. The maximum absolute atomic E-state index is 13.0. The molecule has 2 unspecified atom stereocenters. The van der Waals surface area contributed by atoms with E-state index in [1.54, 1.807) is 6.92 Å². The molecule has 1 N–H and O–H groups in total. The van der Waals surface area contributed by atoms with E-state index in [-0.39, 0.29) is 24.0 Å². The first-order valence-electron chi connectivity index (χ1n) is 10.0. The lowest BCUT2D eigenvalue weighted by molar-refractivity contribution is -0.176. The summed E-state index contributed by atoms with van der Waals surface area (Å²) in [5, 5.41) is 3.19. The summed E-state index contributed by atoms with van der Waals surface area (Å²) in [5.41, 5.74) is 0.518. The summed E-state index contributed by atoms with van der Waals surface area (Å²) in [6, 6.07) is 7.85. The number of carbonyl (C=O) groups is 2. The molecule has 5 nitrogen and oxygen atoms in total. The van der Waals surface area contributed by atoms with Crippen molar-refractivity contribution >= 4 is 11.9 Å². The normalized spacial score (nSPS) is 33.6. The minimum absolute atomic E-state index is 0.00650. The van der Waals surface area contributed by atoms with E-state index in [9.17, 15) is 9.59 Å². The van der Waals surface area contributed by atoms with E-state index < -0.39 is 5.41 Å². The van der Waals surface area contributed by atoms with Gasteiger partial charge in [0.1, 0.15) is 19.0 Å². The van der Waals surface area contributed by atoms with Crippen LogP contribution in [0, 0.1) is 24.2 Å². The highest BCUT2D eigenvalue weighted by molar-refractivity contribution is 5.79. The maximum atomic E-state index is 13.0. The van der Waals surface area contributed by atoms with Gasteiger partial charge >= 0.3 is 5.97 Å². The van der Waals surface area contributed by atoms with Crippen LogP contribution in [0.4, 0.5) is 0 Å². The molecular weight excluding hydrogens is 342 g/mol. The third kappa shape index (κ3) is 3.69. The highest BCUT2D eigenvalue weighted by atomic mass is 16.6. The van der Waals surface area contributed by atoms with Gasteiger partial charge in [-0.1, -0.05) is 12.1 Å². The standard InChI is InChI=1S/C22H29NO4/c1-15-4-3-5-19(8-15)26-6-7-27-20(25)21-10-17-9-18(11-21)13-22(12-17,14-21)23-16(2)24/h3-5,8,17-18H,6-7,9-14H2,1-2H3,(H,23,24). The Hall–Kier alpha value is -2.04. The summed E-state index contributed by atoms with van der Waals surface area (Å²) in [7, 11) is 0. The van der Waals surface area contributed by atoms with Gasteiger partial charge in [0.15, 0.2) is 0 Å². The molecule has 4 saturated carbocycles. The van der Waals surface area contributed by atoms with Crippen LogP contribution in [-0.2, 0) is 14.3 Å². The van der Waals surface area contributed by atoms with Crippen LogP contribution in [0.1, 0.15) is 51.0 Å². The molecule has 1 aromatic carbocycles. The van der Waals surface area contributed by atoms with Crippen LogP contribution >= 0.6 is 0 Å². The molecule has 5 heteroatoms. The van der Waals surface area contributed by atoms with Gasteiger partial charge in [-0.25, -0.2) is 0 Å². The molecule has 0 aromatic heterocycles. The molecule has 1 aromatic rings. The van der Waals surface area contributed by atoms with Crippen LogP contribution in [0.3, 0.4) is 0 Å². The number of carbonyl (C=O) groups excluding carboxylic acids is 2. The molecule has 1 amide bonds. The molecule has 4 aliphatic carbocycles. The topological polar surface area (TPSA) is 64.6 Å². The van der Waals surface area contributed by atoms with Crippen molar-refractivity contribution in [1.82, 2.24) is 5.32 Å². The van der Waals surface area contributed by atoms with E-state index in [1.807, 2.05) is 31.2 Å². The van der Waals surface area contributed by atoms with Crippen molar-refractivity contribution < 1.29 is 19.1 Å². The Kier molecular flexibility index (Phi) is 4.65. The van der Waals surface area contributed by atoms with Gasteiger partial charge in [0.2, 0.25) is 5.91 Å². The first kappa shape index (κ1) is 18.3. The number of hydrogen-bond donors (Lipinski definition) is 1. The SMILES string of the molecule is CC(=O)NC12CC3CC(C1)CC(C(=O)OCCOc1cccc(C)c1)(C3)C2. The second kappa shape index (κ2) is 6.84. The lowest BCUT2D eigenvalue weighted by Gasteiger charge is -2.60. The van der Waals surface area contributed by atoms with Gasteiger partial charge in [0.25, 0.3) is 0 Å². The van der Waals surface area contributed by atoms with E-state index in [4.69, 9.17) is 9.47 Å². The maximum Gasteiger partial charge on any atom is 0.312 e. The quantitative estimate of drug-likeness (QED) is 0.615. The van der Waals surface area contributed by atoms with E-state index in [1.165, 1.54) is 6.42 Å². The number of ether oxygens (including phenoxy) is 2. The van der Waals surface area contributed by atoms with Crippen molar-refractivity contribution in [2.24, 2.45) is 17.3 Å². The molecule has 0 spiro atoms. The third-order valence-electron chi connectivity index (χ3n) is 6.51. The highest BCUT2D eigenvalue weighted by Crippen LogP contribution is 2.62. The monoisotopic (exact) mass is 371 g/mol. The number of nitrogens with one attached hydrogen (secondary N) is 1. The Morgan fingerprint density at radius 1 is 1.15 bits per heavy atom. The van der Waals surface area contributed by atoms with Crippen molar-refractivity contribution in [3.63, 3.8) is 0 Å². The fourth-order valence-corrected chi connectivity index (χ4v) is 6.17. The molecule has 4 fully saturated rings. The number of esters is 1. The second-order valence-electron chi connectivity index (χ2n) is 9.00. The van der Waals surface area contributed by atoms with E-state index in [2.05, 4.69) is 5.32 Å². The lowest BCUT2D eigenvalue weighted by atomic mass is 9.47. The molecule has 4 aliphatic rings. The van der Waals surface area contributed by atoms with Crippen LogP contribution in [0.25, 0.3) is 0 Å². The summed E-state index contributed by atoms with van der Waals surface area (Å²) in [4.78, 5) is 24.7. The molecule has 4 bridgehead atoms. The Balaban J connectivity index is 1.36. The summed E-state index contributed by atoms with van der Waals surface area (Å²) >= 11 is 0. The average molecular weight is 371 g/mol. The zero-order valence-corrected chi connectivity index (χ0v) is 16.3. The van der Waals surface area contributed by atoms with Gasteiger partial charge in [0.05, 0.1) is 5.41 Å². The van der Waals surface area contributed by atoms with Gasteiger partial charge in [-0.05, 0) is 75.0 Å². The first-order chi connectivity index (χ1) is 12.9. The molecule has 2 atom stereocenters. The fraction of sp³-hybridized carbons (Fsp3) is 0.636. The van der Waals surface area contributed by atoms with Crippen molar-refractivity contribution in [2.45, 2.75) is 57.9 Å². The fourth-order valence-electron chi connectivity index (χ4n) is 6.17. The summed E-state index contributed by atoms with van der Waals surface area (Å²) in [5.74, 6) is 1.75. The van der Waals surface area contributed by atoms with Gasteiger partial charge in [-0.2, -0.15) is 0 Å². The van der Waals surface area contributed by atoms with Gasteiger partial charge in [0, 0.05) is 12.5 Å². The smallest absolute Gasteiger partial charge is 0.312 e. The predicted octanol–water partition coefficient (Wildman–Crippen LogP) is 3.39. The van der Waals surface area contributed by atoms with Crippen LogP contribution in [0.5, 0.6) is 5.75 Å². The molecule has 27 heavy (non-hydrogen) atoms. The number of benzene rings is 1. The van der Waals surface area contributed by atoms with Gasteiger partial charge in [-0.3, -0.25) is 9.59 Å². The van der Waals surface area contributed by atoms with Gasteiger partial charge < -0.3 is 14.8 Å². The minimum atomic E-state index is -0.421. The zero-order chi connectivity index (χ0) is 19.1. The summed E-state index contributed by atoms with van der Waals surface area (Å²) in [6.07, 6.45) is 5.74. The Morgan fingerprint density at radius 3 is 2.56 bits per heavy atom. The molecule has 5 rings (SSSR count). The van der Waals surface area contributed by atoms with Crippen LogP contribution < -0.4 is 10.1 Å². The number of rotatable bonds is 6. The van der Waals surface area contributed by atoms with Crippen molar-refractivity contribution in [3.8, 4) is 5.75 Å². The van der Waals surface area contributed by atoms with Crippen molar-refractivity contribution in [2.75, 3.05) is 13.2 Å². The van der Waals surface area contributed by atoms with Crippen molar-refractivity contribution in [3.05, 3.63) is 29.8 Å². The average Bonchev–Trinajstić information content (AvgIpc) is 2.56. The number of aryl methyl sites for hydroxylation is 1. The van der Waals surface area contributed by atoms with Crippen molar-refractivity contribution in [1.29, 1.82) is 0 Å². The first-order valence-corrected chi connectivity index (χ1v) is 10.0. The molecule has 0 saturated heterocycles. The predicted molar refractivity (Wildman–Crippen MR) is 101 cm³/mol.